The van der Waals surface area contributed by atoms with Gasteiger partial charge in [-0.25, -0.2) is 9.50 Å². The molecule has 1 amide bonds. The number of carbonyl (C=O) groups excluding carboxylic acids is 1. The number of hydrogen-bond acceptors (Lipinski definition) is 5. The second-order valence-electron chi connectivity index (χ2n) is 7.67. The largest absolute Gasteiger partial charge is 0.453 e. The van der Waals surface area contributed by atoms with Gasteiger partial charge < -0.3 is 9.80 Å². The highest BCUT2D eigenvalue weighted by Crippen LogP contribution is 2.27. The average Bonchev–Trinajstić information content (AvgIpc) is 3.17. The van der Waals surface area contributed by atoms with Gasteiger partial charge in [-0.3, -0.25) is 4.79 Å². The first kappa shape index (κ1) is 23.5. The number of aryl methyl sites for hydroxylation is 2. The maximum atomic E-state index is 13.0. The standard InChI is InChI=1S/C22H27F3N6O/c1-6-30(7-2)17-10-8-16(9-11-17)13-29(5)19(32)12-18-14(3)26-21-27-20(22(23,24)25)28-31(21)15(18)4/h8-11H,6-7,12-13H2,1-5H3. The summed E-state index contributed by atoms with van der Waals surface area (Å²) in [4.78, 5) is 24.3. The Morgan fingerprint density at radius 3 is 2.25 bits per heavy atom. The summed E-state index contributed by atoms with van der Waals surface area (Å²) in [5.41, 5.74) is 3.54. The first-order valence-electron chi connectivity index (χ1n) is 10.4. The Kier molecular flexibility index (Phi) is 6.71. The van der Waals surface area contributed by atoms with Crippen molar-refractivity contribution in [2.75, 3.05) is 25.0 Å². The molecule has 0 aliphatic rings. The molecule has 0 spiro atoms. The third-order valence-electron chi connectivity index (χ3n) is 5.54. The fourth-order valence-corrected chi connectivity index (χ4v) is 3.63. The number of anilines is 1. The summed E-state index contributed by atoms with van der Waals surface area (Å²) in [5.74, 6) is -1.55. The molecule has 3 rings (SSSR count). The van der Waals surface area contributed by atoms with Crippen molar-refractivity contribution in [1.29, 1.82) is 0 Å². The predicted molar refractivity (Wildman–Crippen MR) is 115 cm³/mol. The molecule has 0 bridgehead atoms. The number of likely N-dealkylation sites (N-methyl/N-ethyl adjacent to an activating group) is 1. The third-order valence-corrected chi connectivity index (χ3v) is 5.54. The van der Waals surface area contributed by atoms with E-state index in [2.05, 4.69) is 33.8 Å². The predicted octanol–water partition coefficient (Wildman–Crippen LogP) is 3.81. The van der Waals surface area contributed by atoms with E-state index >= 15 is 0 Å². The van der Waals surface area contributed by atoms with E-state index in [9.17, 15) is 18.0 Å². The molecule has 0 radical (unpaired) electrons. The summed E-state index contributed by atoms with van der Waals surface area (Å²) in [5, 5.41) is 3.53. The highest BCUT2D eigenvalue weighted by atomic mass is 19.4. The Hall–Kier alpha value is -3.17. The van der Waals surface area contributed by atoms with Crippen molar-refractivity contribution in [3.63, 3.8) is 0 Å². The molecule has 7 nitrogen and oxygen atoms in total. The fraction of sp³-hybridized carbons (Fsp3) is 0.455. The number of nitrogens with zero attached hydrogens (tertiary/aromatic N) is 6. The summed E-state index contributed by atoms with van der Waals surface area (Å²) in [6.07, 6.45) is -4.65. The van der Waals surface area contributed by atoms with E-state index in [-0.39, 0.29) is 18.1 Å². The quantitative estimate of drug-likeness (QED) is 0.550. The maximum absolute atomic E-state index is 13.0. The Morgan fingerprint density at radius 1 is 1.06 bits per heavy atom. The minimum atomic E-state index is -4.66. The topological polar surface area (TPSA) is 66.6 Å². The Morgan fingerprint density at radius 2 is 1.69 bits per heavy atom. The molecule has 2 aromatic heterocycles. The minimum absolute atomic E-state index is 0.00977. The van der Waals surface area contributed by atoms with Gasteiger partial charge in [-0.15, -0.1) is 5.10 Å². The normalized spacial score (nSPS) is 11.8. The van der Waals surface area contributed by atoms with Gasteiger partial charge in [0, 0.05) is 49.3 Å². The van der Waals surface area contributed by atoms with Crippen LogP contribution in [0.4, 0.5) is 18.9 Å². The summed E-state index contributed by atoms with van der Waals surface area (Å²) < 4.78 is 39.9. The number of hydrogen-bond donors (Lipinski definition) is 0. The number of carbonyl (C=O) groups is 1. The van der Waals surface area contributed by atoms with Crippen LogP contribution in [0.1, 0.15) is 42.2 Å². The van der Waals surface area contributed by atoms with Crippen LogP contribution in [0.5, 0.6) is 0 Å². The van der Waals surface area contributed by atoms with E-state index in [1.165, 1.54) is 0 Å². The van der Waals surface area contributed by atoms with Gasteiger partial charge in [0.15, 0.2) is 0 Å². The highest BCUT2D eigenvalue weighted by Gasteiger charge is 2.37. The van der Waals surface area contributed by atoms with Crippen molar-refractivity contribution in [3.05, 3.63) is 52.6 Å². The van der Waals surface area contributed by atoms with Gasteiger partial charge in [-0.05, 0) is 45.4 Å². The molecule has 0 saturated carbocycles. The van der Waals surface area contributed by atoms with Crippen LogP contribution in [0.15, 0.2) is 24.3 Å². The van der Waals surface area contributed by atoms with E-state index in [1.807, 2.05) is 24.3 Å². The van der Waals surface area contributed by atoms with Crippen molar-refractivity contribution in [2.24, 2.45) is 0 Å². The number of alkyl halides is 3. The van der Waals surface area contributed by atoms with Gasteiger partial charge in [0.05, 0.1) is 6.42 Å². The number of amides is 1. The van der Waals surface area contributed by atoms with Crippen LogP contribution >= 0.6 is 0 Å². The Bertz CT molecular complexity index is 1100. The van der Waals surface area contributed by atoms with E-state index in [4.69, 9.17) is 0 Å². The molecule has 2 heterocycles. The molecule has 0 unspecified atom stereocenters. The SMILES string of the molecule is CCN(CC)c1ccc(CN(C)C(=O)Cc2c(C)nc3nc(C(F)(F)F)nn3c2C)cc1. The summed E-state index contributed by atoms with van der Waals surface area (Å²) >= 11 is 0. The van der Waals surface area contributed by atoms with Gasteiger partial charge in [0.25, 0.3) is 11.6 Å². The zero-order valence-electron chi connectivity index (χ0n) is 18.9. The molecular weight excluding hydrogens is 421 g/mol. The molecule has 0 saturated heterocycles. The third kappa shape index (κ3) is 4.84. The van der Waals surface area contributed by atoms with Crippen molar-refractivity contribution in [1.82, 2.24) is 24.5 Å². The molecule has 1 aromatic carbocycles. The zero-order chi connectivity index (χ0) is 23.6. The van der Waals surface area contributed by atoms with Crippen LogP contribution in [0, 0.1) is 13.8 Å². The Labute approximate surface area is 184 Å². The second kappa shape index (κ2) is 9.13. The maximum Gasteiger partial charge on any atom is 0.453 e. The van der Waals surface area contributed by atoms with Crippen LogP contribution < -0.4 is 4.90 Å². The first-order valence-corrected chi connectivity index (χ1v) is 10.4. The van der Waals surface area contributed by atoms with Crippen molar-refractivity contribution >= 4 is 17.4 Å². The van der Waals surface area contributed by atoms with Gasteiger partial charge in [0.2, 0.25) is 5.91 Å². The number of fused-ring (bicyclic) bond motifs is 1. The molecule has 32 heavy (non-hydrogen) atoms. The van der Waals surface area contributed by atoms with E-state index in [0.29, 0.717) is 23.5 Å². The smallest absolute Gasteiger partial charge is 0.372 e. The molecule has 0 aliphatic heterocycles. The van der Waals surface area contributed by atoms with Gasteiger partial charge >= 0.3 is 6.18 Å². The first-order chi connectivity index (χ1) is 15.0. The lowest BCUT2D eigenvalue weighted by Gasteiger charge is -2.22. The number of rotatable bonds is 7. The monoisotopic (exact) mass is 448 g/mol. The summed E-state index contributed by atoms with van der Waals surface area (Å²) in [6, 6.07) is 8.07. The van der Waals surface area contributed by atoms with Crippen molar-refractivity contribution in [2.45, 2.75) is 46.8 Å². The molecule has 0 N–H and O–H groups in total. The number of halogens is 3. The van der Waals surface area contributed by atoms with Gasteiger partial charge in [-0.1, -0.05) is 12.1 Å². The molecule has 0 aliphatic carbocycles. The van der Waals surface area contributed by atoms with Gasteiger partial charge in [-0.2, -0.15) is 18.2 Å². The number of aromatic nitrogens is 4. The molecular formula is C22H27F3N6O. The fourth-order valence-electron chi connectivity index (χ4n) is 3.63. The Balaban J connectivity index is 1.76. The molecule has 0 atom stereocenters. The van der Waals surface area contributed by atoms with Crippen LogP contribution in [0.3, 0.4) is 0 Å². The zero-order valence-corrected chi connectivity index (χ0v) is 18.9. The molecule has 3 aromatic rings. The molecule has 10 heteroatoms. The lowest BCUT2D eigenvalue weighted by molar-refractivity contribution is -0.144. The summed E-state index contributed by atoms with van der Waals surface area (Å²) in [6.45, 7) is 9.73. The van der Waals surface area contributed by atoms with Gasteiger partial charge in [0.1, 0.15) is 0 Å². The van der Waals surface area contributed by atoms with Crippen LogP contribution in [-0.4, -0.2) is 50.5 Å². The lowest BCUT2D eigenvalue weighted by Crippen LogP contribution is -2.28. The molecule has 0 fully saturated rings. The van der Waals surface area contributed by atoms with E-state index in [1.54, 1.807) is 25.8 Å². The molecule has 172 valence electrons. The van der Waals surface area contributed by atoms with Crippen LogP contribution in [0.25, 0.3) is 5.78 Å². The van der Waals surface area contributed by atoms with Crippen molar-refractivity contribution in [3.8, 4) is 0 Å². The highest BCUT2D eigenvalue weighted by molar-refractivity contribution is 5.79. The van der Waals surface area contributed by atoms with Crippen LogP contribution in [-0.2, 0) is 23.9 Å². The summed E-state index contributed by atoms with van der Waals surface area (Å²) in [7, 11) is 1.70. The van der Waals surface area contributed by atoms with E-state index in [0.717, 1.165) is 28.9 Å². The average molecular weight is 448 g/mol. The van der Waals surface area contributed by atoms with Crippen LogP contribution in [0.2, 0.25) is 0 Å². The lowest BCUT2D eigenvalue weighted by atomic mass is 10.1. The number of benzene rings is 1. The van der Waals surface area contributed by atoms with E-state index < -0.39 is 12.0 Å². The second-order valence-corrected chi connectivity index (χ2v) is 7.67. The minimum Gasteiger partial charge on any atom is -0.372 e. The van der Waals surface area contributed by atoms with Crippen molar-refractivity contribution < 1.29 is 18.0 Å².